The van der Waals surface area contributed by atoms with Gasteiger partial charge in [-0.1, -0.05) is 0 Å². The van der Waals surface area contributed by atoms with Crippen LogP contribution in [0.2, 0.25) is 0 Å². The van der Waals surface area contributed by atoms with Crippen LogP contribution in [0.25, 0.3) is 11.0 Å². The number of nitrogens with zero attached hydrogens (tertiary/aromatic N) is 3. The number of rotatable bonds is 2. The van der Waals surface area contributed by atoms with Gasteiger partial charge in [0.15, 0.2) is 0 Å². The zero-order chi connectivity index (χ0) is 12.5. The predicted octanol–water partition coefficient (Wildman–Crippen LogP) is 1.85. The van der Waals surface area contributed by atoms with Crippen LogP contribution >= 0.6 is 0 Å². The normalized spacial score (nSPS) is 25.4. The number of hydrogen-bond donors (Lipinski definition) is 2. The van der Waals surface area contributed by atoms with Gasteiger partial charge < -0.3 is 15.2 Å². The number of aromatic amines is 1. The van der Waals surface area contributed by atoms with Gasteiger partial charge in [0.25, 0.3) is 0 Å². The minimum Gasteiger partial charge on any atom is -0.365 e. The molecule has 0 aromatic carbocycles. The van der Waals surface area contributed by atoms with Gasteiger partial charge >= 0.3 is 0 Å². The van der Waals surface area contributed by atoms with Gasteiger partial charge in [0.05, 0.1) is 5.39 Å². The van der Waals surface area contributed by atoms with Crippen LogP contribution < -0.4 is 5.32 Å². The highest BCUT2D eigenvalue weighted by atomic mass is 15.2. The molecule has 1 aliphatic rings. The largest absolute Gasteiger partial charge is 0.365 e. The smallest absolute Gasteiger partial charge is 0.142 e. The first-order valence-electron chi connectivity index (χ1n) is 6.49. The van der Waals surface area contributed by atoms with Crippen molar-refractivity contribution in [2.24, 2.45) is 0 Å². The molecule has 5 nitrogen and oxygen atoms in total. The fraction of sp³-hybridized carbons (Fsp3) is 0.538. The van der Waals surface area contributed by atoms with Crippen molar-refractivity contribution in [1.29, 1.82) is 0 Å². The molecule has 1 saturated heterocycles. The van der Waals surface area contributed by atoms with Gasteiger partial charge in [0.1, 0.15) is 17.8 Å². The van der Waals surface area contributed by atoms with E-state index in [0.717, 1.165) is 23.4 Å². The van der Waals surface area contributed by atoms with Crippen LogP contribution in [0, 0.1) is 0 Å². The maximum atomic E-state index is 4.36. The Kier molecular flexibility index (Phi) is 2.91. The van der Waals surface area contributed by atoms with E-state index >= 15 is 0 Å². The minimum atomic E-state index is 0.471. The molecule has 0 spiro atoms. The lowest BCUT2D eigenvalue weighted by Gasteiger charge is -2.35. The first kappa shape index (κ1) is 11.5. The molecule has 0 bridgehead atoms. The van der Waals surface area contributed by atoms with Crippen LogP contribution in [-0.4, -0.2) is 45.5 Å². The molecule has 1 fully saturated rings. The second-order valence-corrected chi connectivity index (χ2v) is 5.17. The summed E-state index contributed by atoms with van der Waals surface area (Å²) in [6.07, 6.45) is 5.94. The van der Waals surface area contributed by atoms with E-state index in [1.165, 1.54) is 12.8 Å². The molecule has 0 aliphatic carbocycles. The Bertz CT molecular complexity index is 535. The topological polar surface area (TPSA) is 56.8 Å². The van der Waals surface area contributed by atoms with Crippen molar-refractivity contribution < 1.29 is 0 Å². The first-order chi connectivity index (χ1) is 8.74. The maximum absolute atomic E-state index is 4.36. The van der Waals surface area contributed by atoms with E-state index in [-0.39, 0.29) is 0 Å². The number of anilines is 1. The van der Waals surface area contributed by atoms with Crippen molar-refractivity contribution in [3.8, 4) is 0 Å². The molecular weight excluding hydrogens is 226 g/mol. The van der Waals surface area contributed by atoms with E-state index in [1.54, 1.807) is 6.33 Å². The molecule has 3 rings (SSSR count). The molecular formula is C13H19N5. The average molecular weight is 245 g/mol. The summed E-state index contributed by atoms with van der Waals surface area (Å²) in [7, 11) is 2.18. The van der Waals surface area contributed by atoms with Crippen LogP contribution in [0.5, 0.6) is 0 Å². The van der Waals surface area contributed by atoms with E-state index in [2.05, 4.69) is 39.1 Å². The summed E-state index contributed by atoms with van der Waals surface area (Å²) < 4.78 is 0. The molecule has 1 aliphatic heterocycles. The fourth-order valence-corrected chi connectivity index (χ4v) is 2.58. The second-order valence-electron chi connectivity index (χ2n) is 5.17. The van der Waals surface area contributed by atoms with Crippen molar-refractivity contribution in [2.45, 2.75) is 31.8 Å². The summed E-state index contributed by atoms with van der Waals surface area (Å²) >= 11 is 0. The van der Waals surface area contributed by atoms with Gasteiger partial charge in [-0.15, -0.1) is 0 Å². The second kappa shape index (κ2) is 4.57. The minimum absolute atomic E-state index is 0.471. The summed E-state index contributed by atoms with van der Waals surface area (Å²) in [5, 5.41) is 4.62. The highest BCUT2D eigenvalue weighted by molar-refractivity contribution is 5.86. The lowest BCUT2D eigenvalue weighted by atomic mass is 10.00. The number of aromatic nitrogens is 3. The quantitative estimate of drug-likeness (QED) is 0.848. The van der Waals surface area contributed by atoms with Gasteiger partial charge in [0.2, 0.25) is 0 Å². The predicted molar refractivity (Wildman–Crippen MR) is 72.6 cm³/mol. The van der Waals surface area contributed by atoms with Crippen molar-refractivity contribution >= 4 is 16.9 Å². The average Bonchev–Trinajstić information content (AvgIpc) is 2.83. The van der Waals surface area contributed by atoms with Crippen molar-refractivity contribution in [3.63, 3.8) is 0 Å². The Hall–Kier alpha value is -1.62. The number of piperidine rings is 1. The Labute approximate surface area is 107 Å². The zero-order valence-corrected chi connectivity index (χ0v) is 10.8. The van der Waals surface area contributed by atoms with E-state index in [4.69, 9.17) is 0 Å². The van der Waals surface area contributed by atoms with Gasteiger partial charge in [-0.2, -0.15) is 0 Å². The van der Waals surface area contributed by atoms with E-state index < -0.39 is 0 Å². The number of nitrogens with one attached hydrogen (secondary N) is 2. The summed E-state index contributed by atoms with van der Waals surface area (Å²) in [5.74, 6) is 0.939. The molecule has 18 heavy (non-hydrogen) atoms. The van der Waals surface area contributed by atoms with Gasteiger partial charge in [-0.3, -0.25) is 0 Å². The van der Waals surface area contributed by atoms with Crippen LogP contribution in [0.3, 0.4) is 0 Å². The summed E-state index contributed by atoms with van der Waals surface area (Å²) in [4.78, 5) is 14.1. The van der Waals surface area contributed by atoms with Crippen molar-refractivity contribution in [2.75, 3.05) is 18.9 Å². The standard InChI is InChI=1S/C13H19N5/c1-9-3-4-10(7-18(9)2)17-13-11-5-6-14-12(11)15-8-16-13/h5-6,8-10H,3-4,7H2,1-2H3,(H2,14,15,16,17)/t9-,10-/m0/s1. The number of likely N-dealkylation sites (tertiary alicyclic amines) is 1. The fourth-order valence-electron chi connectivity index (χ4n) is 2.58. The molecule has 2 N–H and O–H groups in total. The molecule has 2 aromatic rings. The van der Waals surface area contributed by atoms with Gasteiger partial charge in [0, 0.05) is 24.8 Å². The van der Waals surface area contributed by atoms with E-state index in [1.807, 2.05) is 12.3 Å². The van der Waals surface area contributed by atoms with Crippen LogP contribution in [0.4, 0.5) is 5.82 Å². The molecule has 2 atom stereocenters. The molecule has 3 heterocycles. The molecule has 0 radical (unpaired) electrons. The highest BCUT2D eigenvalue weighted by Gasteiger charge is 2.23. The zero-order valence-electron chi connectivity index (χ0n) is 10.8. The highest BCUT2D eigenvalue weighted by Crippen LogP contribution is 2.22. The first-order valence-corrected chi connectivity index (χ1v) is 6.49. The van der Waals surface area contributed by atoms with Crippen molar-refractivity contribution in [3.05, 3.63) is 18.6 Å². The lowest BCUT2D eigenvalue weighted by Crippen LogP contribution is -2.44. The molecule has 0 unspecified atom stereocenters. The molecule has 5 heteroatoms. The SMILES string of the molecule is C[C@H]1CC[C@H](Nc2ncnc3[nH]ccc23)CN1C. The number of likely N-dealkylation sites (N-methyl/N-ethyl adjacent to an activating group) is 1. The van der Waals surface area contributed by atoms with Crippen LogP contribution in [0.15, 0.2) is 18.6 Å². The van der Waals surface area contributed by atoms with Crippen LogP contribution in [-0.2, 0) is 0 Å². The Balaban J connectivity index is 1.78. The van der Waals surface area contributed by atoms with Crippen LogP contribution in [0.1, 0.15) is 19.8 Å². The lowest BCUT2D eigenvalue weighted by molar-refractivity contribution is 0.188. The number of fused-ring (bicyclic) bond motifs is 1. The monoisotopic (exact) mass is 245 g/mol. The Morgan fingerprint density at radius 1 is 1.39 bits per heavy atom. The number of hydrogen-bond acceptors (Lipinski definition) is 4. The molecule has 0 saturated carbocycles. The van der Waals surface area contributed by atoms with Gasteiger partial charge in [-0.05, 0) is 32.9 Å². The Morgan fingerprint density at radius 3 is 3.11 bits per heavy atom. The third-order valence-electron chi connectivity index (χ3n) is 3.89. The van der Waals surface area contributed by atoms with E-state index in [0.29, 0.717) is 12.1 Å². The number of H-pyrrole nitrogens is 1. The van der Waals surface area contributed by atoms with E-state index in [9.17, 15) is 0 Å². The Morgan fingerprint density at radius 2 is 2.28 bits per heavy atom. The van der Waals surface area contributed by atoms with Crippen molar-refractivity contribution in [1.82, 2.24) is 19.9 Å². The molecule has 96 valence electrons. The molecule has 0 amide bonds. The summed E-state index contributed by atoms with van der Waals surface area (Å²) in [6, 6.07) is 3.17. The summed E-state index contributed by atoms with van der Waals surface area (Å²) in [5.41, 5.74) is 0.894. The third kappa shape index (κ3) is 2.06. The third-order valence-corrected chi connectivity index (χ3v) is 3.89. The van der Waals surface area contributed by atoms with Gasteiger partial charge in [-0.25, -0.2) is 9.97 Å². The summed E-state index contributed by atoms with van der Waals surface area (Å²) in [6.45, 7) is 3.35. The molecule has 2 aromatic heterocycles. The maximum Gasteiger partial charge on any atom is 0.142 e.